The summed E-state index contributed by atoms with van der Waals surface area (Å²) < 4.78 is 0. The maximum Gasteiger partial charge on any atom is 0.255 e. The molecule has 0 radical (unpaired) electrons. The summed E-state index contributed by atoms with van der Waals surface area (Å²) in [6.07, 6.45) is 0. The molecule has 2 aliphatic heterocycles. The van der Waals surface area contributed by atoms with Crippen LogP contribution in [0.3, 0.4) is 0 Å². The average Bonchev–Trinajstić information content (AvgIpc) is 2.60. The second-order valence-electron chi connectivity index (χ2n) is 6.34. The molecule has 0 saturated carbocycles. The molecule has 0 spiro atoms. The van der Waals surface area contributed by atoms with Crippen LogP contribution in [0.5, 0.6) is 0 Å². The zero-order valence-electron chi connectivity index (χ0n) is 11.4. The number of hydrogen-bond acceptors (Lipinski definition) is 2. The lowest BCUT2D eigenvalue weighted by atomic mass is 9.78. The topological polar surface area (TPSA) is 32.3 Å². The average molecular weight is 244 g/mol. The summed E-state index contributed by atoms with van der Waals surface area (Å²) in [5.41, 5.74) is 1.75. The normalized spacial score (nSPS) is 27.9. The summed E-state index contributed by atoms with van der Waals surface area (Å²) in [6.45, 7) is 9.46. The largest absolute Gasteiger partial charge is 0.323 e. The highest BCUT2D eigenvalue weighted by molar-refractivity contribution is 6.00. The Morgan fingerprint density at radius 3 is 2.61 bits per heavy atom. The van der Waals surface area contributed by atoms with Gasteiger partial charge in [-0.2, -0.15) is 0 Å². The molecule has 1 atom stereocenters. The molecule has 1 aromatic carbocycles. The van der Waals surface area contributed by atoms with Gasteiger partial charge in [0.15, 0.2) is 0 Å². The molecule has 0 aromatic heterocycles. The monoisotopic (exact) mass is 244 g/mol. The van der Waals surface area contributed by atoms with Crippen LogP contribution in [0.1, 0.15) is 49.7 Å². The highest BCUT2D eigenvalue weighted by Gasteiger charge is 2.54. The second kappa shape index (κ2) is 3.35. The summed E-state index contributed by atoms with van der Waals surface area (Å²) in [6, 6.07) is 8.16. The molecule has 1 fully saturated rings. The lowest BCUT2D eigenvalue weighted by Gasteiger charge is -2.55. The van der Waals surface area contributed by atoms with Crippen molar-refractivity contribution in [3.05, 3.63) is 35.4 Å². The van der Waals surface area contributed by atoms with Crippen molar-refractivity contribution in [1.82, 2.24) is 10.2 Å². The highest BCUT2D eigenvalue weighted by atomic mass is 16.2. The van der Waals surface area contributed by atoms with Crippen LogP contribution in [-0.2, 0) is 0 Å². The SMILES string of the molecule is CC1(C)NCC2c3ccccc3C(=O)N2C1(C)C. The van der Waals surface area contributed by atoms with Crippen LogP contribution in [0, 0.1) is 0 Å². The quantitative estimate of drug-likeness (QED) is 0.759. The molecular formula is C15H20N2O. The Labute approximate surface area is 108 Å². The second-order valence-corrected chi connectivity index (χ2v) is 6.34. The first-order chi connectivity index (χ1) is 8.36. The molecule has 1 amide bonds. The molecule has 96 valence electrons. The fraction of sp³-hybridized carbons (Fsp3) is 0.533. The van der Waals surface area contributed by atoms with Crippen molar-refractivity contribution in [2.24, 2.45) is 0 Å². The summed E-state index contributed by atoms with van der Waals surface area (Å²) >= 11 is 0. The smallest absolute Gasteiger partial charge is 0.255 e. The minimum atomic E-state index is -0.202. The van der Waals surface area contributed by atoms with Gasteiger partial charge in [0.05, 0.1) is 11.6 Å². The molecular weight excluding hydrogens is 224 g/mol. The maximum atomic E-state index is 12.6. The van der Waals surface area contributed by atoms with Gasteiger partial charge in [-0.15, -0.1) is 0 Å². The molecule has 2 heterocycles. The van der Waals surface area contributed by atoms with Crippen LogP contribution in [0.4, 0.5) is 0 Å². The third-order valence-corrected chi connectivity index (χ3v) is 4.95. The predicted octanol–water partition coefficient (Wildman–Crippen LogP) is 2.34. The predicted molar refractivity (Wildman–Crippen MR) is 71.5 cm³/mol. The van der Waals surface area contributed by atoms with Crippen molar-refractivity contribution < 1.29 is 4.79 Å². The number of benzene rings is 1. The van der Waals surface area contributed by atoms with Gasteiger partial charge in [0.25, 0.3) is 5.91 Å². The first kappa shape index (κ1) is 11.7. The van der Waals surface area contributed by atoms with E-state index in [9.17, 15) is 4.79 Å². The Morgan fingerprint density at radius 1 is 1.22 bits per heavy atom. The molecule has 1 N–H and O–H groups in total. The van der Waals surface area contributed by atoms with Crippen molar-refractivity contribution in [1.29, 1.82) is 0 Å². The van der Waals surface area contributed by atoms with Gasteiger partial charge in [-0.25, -0.2) is 0 Å². The molecule has 1 unspecified atom stereocenters. The number of fused-ring (bicyclic) bond motifs is 3. The standard InChI is InChI=1S/C15H20N2O/c1-14(2)15(3,4)17-12(9-16-14)10-7-5-6-8-11(10)13(17)18/h5-8,12,16H,9H2,1-4H3. The van der Waals surface area contributed by atoms with E-state index in [0.717, 1.165) is 12.1 Å². The van der Waals surface area contributed by atoms with Crippen LogP contribution in [-0.4, -0.2) is 28.4 Å². The lowest BCUT2D eigenvalue weighted by molar-refractivity contribution is -0.0121. The number of amides is 1. The Morgan fingerprint density at radius 2 is 1.89 bits per heavy atom. The van der Waals surface area contributed by atoms with E-state index in [1.54, 1.807) is 0 Å². The van der Waals surface area contributed by atoms with Gasteiger partial charge in [-0.05, 0) is 39.3 Å². The van der Waals surface area contributed by atoms with E-state index in [0.29, 0.717) is 0 Å². The van der Waals surface area contributed by atoms with Crippen molar-refractivity contribution in [2.75, 3.05) is 6.54 Å². The fourth-order valence-corrected chi connectivity index (χ4v) is 3.11. The first-order valence-electron chi connectivity index (χ1n) is 6.54. The summed E-state index contributed by atoms with van der Waals surface area (Å²) in [5, 5.41) is 3.59. The number of carbonyl (C=O) groups is 1. The Bertz CT molecular complexity index is 519. The molecule has 3 rings (SSSR count). The Balaban J connectivity index is 2.13. The fourth-order valence-electron chi connectivity index (χ4n) is 3.11. The number of nitrogens with zero attached hydrogens (tertiary/aromatic N) is 1. The molecule has 2 aliphatic rings. The first-order valence-corrected chi connectivity index (χ1v) is 6.54. The van der Waals surface area contributed by atoms with E-state index in [1.807, 2.05) is 18.2 Å². The molecule has 18 heavy (non-hydrogen) atoms. The number of rotatable bonds is 0. The van der Waals surface area contributed by atoms with E-state index in [2.05, 4.69) is 44.0 Å². The zero-order chi connectivity index (χ0) is 13.1. The summed E-state index contributed by atoms with van der Waals surface area (Å²) in [7, 11) is 0. The number of nitrogens with one attached hydrogen (secondary N) is 1. The third-order valence-electron chi connectivity index (χ3n) is 4.95. The lowest BCUT2D eigenvalue weighted by Crippen LogP contribution is -2.70. The van der Waals surface area contributed by atoms with Crippen molar-refractivity contribution in [3.63, 3.8) is 0 Å². The number of hydrogen-bond donors (Lipinski definition) is 1. The van der Waals surface area contributed by atoms with Crippen LogP contribution in [0.25, 0.3) is 0 Å². The molecule has 0 aliphatic carbocycles. The van der Waals surface area contributed by atoms with Gasteiger partial charge >= 0.3 is 0 Å². The summed E-state index contributed by atoms with van der Waals surface area (Å²) in [4.78, 5) is 14.7. The van der Waals surface area contributed by atoms with Gasteiger partial charge in [0.2, 0.25) is 0 Å². The van der Waals surface area contributed by atoms with Crippen LogP contribution in [0.2, 0.25) is 0 Å². The Hall–Kier alpha value is -1.35. The van der Waals surface area contributed by atoms with E-state index in [-0.39, 0.29) is 23.0 Å². The zero-order valence-corrected chi connectivity index (χ0v) is 11.4. The van der Waals surface area contributed by atoms with Crippen molar-refractivity contribution in [2.45, 2.75) is 44.8 Å². The maximum absolute atomic E-state index is 12.6. The highest BCUT2D eigenvalue weighted by Crippen LogP contribution is 2.45. The number of carbonyl (C=O) groups excluding carboxylic acids is 1. The van der Waals surface area contributed by atoms with Gasteiger partial charge in [-0.1, -0.05) is 18.2 Å². The van der Waals surface area contributed by atoms with Crippen molar-refractivity contribution >= 4 is 5.91 Å². The van der Waals surface area contributed by atoms with E-state index >= 15 is 0 Å². The minimum Gasteiger partial charge on any atom is -0.323 e. The van der Waals surface area contributed by atoms with Crippen molar-refractivity contribution in [3.8, 4) is 0 Å². The van der Waals surface area contributed by atoms with E-state index < -0.39 is 0 Å². The van der Waals surface area contributed by atoms with Gasteiger partial charge in [0, 0.05) is 17.6 Å². The van der Waals surface area contributed by atoms with E-state index in [4.69, 9.17) is 0 Å². The minimum absolute atomic E-state index is 0.0821. The molecule has 3 nitrogen and oxygen atoms in total. The molecule has 0 bridgehead atoms. The third kappa shape index (κ3) is 1.25. The number of piperazine rings is 1. The van der Waals surface area contributed by atoms with Crippen LogP contribution < -0.4 is 5.32 Å². The summed E-state index contributed by atoms with van der Waals surface area (Å²) in [5.74, 6) is 0.176. The van der Waals surface area contributed by atoms with Crippen LogP contribution in [0.15, 0.2) is 24.3 Å². The van der Waals surface area contributed by atoms with Gasteiger partial charge < -0.3 is 10.2 Å². The van der Waals surface area contributed by atoms with Gasteiger partial charge in [-0.3, -0.25) is 4.79 Å². The molecule has 1 saturated heterocycles. The Kier molecular flexibility index (Phi) is 2.18. The van der Waals surface area contributed by atoms with E-state index in [1.165, 1.54) is 5.56 Å². The molecule has 1 aromatic rings. The van der Waals surface area contributed by atoms with Gasteiger partial charge in [0.1, 0.15) is 0 Å². The van der Waals surface area contributed by atoms with Crippen LogP contribution >= 0.6 is 0 Å². The molecule has 3 heteroatoms.